The number of likely N-dealkylation sites (tertiary alicyclic amines) is 1. The highest BCUT2D eigenvalue weighted by molar-refractivity contribution is 4.85. The van der Waals surface area contributed by atoms with Crippen molar-refractivity contribution in [2.75, 3.05) is 32.7 Å². The lowest BCUT2D eigenvalue weighted by molar-refractivity contribution is -0.0405. The first kappa shape index (κ1) is 11.4. The Morgan fingerprint density at radius 3 is 2.80 bits per heavy atom. The van der Waals surface area contributed by atoms with E-state index in [9.17, 15) is 0 Å². The van der Waals surface area contributed by atoms with Crippen LogP contribution in [0.5, 0.6) is 0 Å². The first-order valence-electron chi connectivity index (χ1n) is 6.14. The molecule has 0 radical (unpaired) electrons. The Labute approximate surface area is 93.2 Å². The molecule has 1 N–H and O–H groups in total. The molecule has 0 aliphatic carbocycles. The molecule has 2 rings (SSSR count). The average Bonchev–Trinajstić information content (AvgIpc) is 2.45. The van der Waals surface area contributed by atoms with Crippen molar-refractivity contribution in [1.82, 2.24) is 10.2 Å². The number of nitrogens with one attached hydrogen (secondary N) is 1. The van der Waals surface area contributed by atoms with Gasteiger partial charge in [0.15, 0.2) is 0 Å². The fraction of sp³-hybridized carbons (Fsp3) is 1.00. The fourth-order valence-corrected chi connectivity index (χ4v) is 2.65. The van der Waals surface area contributed by atoms with Crippen LogP contribution in [0.3, 0.4) is 0 Å². The molecular weight excluding hydrogens is 188 g/mol. The van der Waals surface area contributed by atoms with Gasteiger partial charge in [-0.25, -0.2) is 0 Å². The predicted octanol–water partition coefficient (Wildman–Crippen LogP) is 1.10. The molecular formula is C12H24N2O. The van der Waals surface area contributed by atoms with Crippen molar-refractivity contribution < 1.29 is 4.74 Å². The maximum atomic E-state index is 5.91. The molecule has 0 aromatic carbocycles. The summed E-state index contributed by atoms with van der Waals surface area (Å²) in [5.74, 6) is 0. The second kappa shape index (κ2) is 4.40. The maximum Gasteiger partial charge on any atom is 0.0830 e. The lowest BCUT2D eigenvalue weighted by Gasteiger charge is -2.32. The van der Waals surface area contributed by atoms with Gasteiger partial charge in [-0.05, 0) is 25.3 Å². The van der Waals surface area contributed by atoms with Gasteiger partial charge in [0.2, 0.25) is 0 Å². The Kier molecular flexibility index (Phi) is 3.33. The van der Waals surface area contributed by atoms with E-state index in [-0.39, 0.29) is 0 Å². The van der Waals surface area contributed by atoms with E-state index in [1.807, 2.05) is 0 Å². The molecule has 2 heterocycles. The zero-order valence-corrected chi connectivity index (χ0v) is 10.3. The van der Waals surface area contributed by atoms with E-state index in [4.69, 9.17) is 4.74 Å². The minimum atomic E-state index is 0.374. The Bertz CT molecular complexity index is 218. The van der Waals surface area contributed by atoms with E-state index in [0.29, 0.717) is 17.6 Å². The van der Waals surface area contributed by atoms with Crippen LogP contribution in [0.4, 0.5) is 0 Å². The van der Waals surface area contributed by atoms with Gasteiger partial charge >= 0.3 is 0 Å². The standard InChI is InChI=1S/C12H24N2O/c1-10-6-13-7-11(15-10)8-14-5-4-12(2,3)9-14/h10-11,13H,4-9H2,1-3H3/t10-,11+/m1/s1. The topological polar surface area (TPSA) is 24.5 Å². The third kappa shape index (κ3) is 3.16. The summed E-state index contributed by atoms with van der Waals surface area (Å²) < 4.78 is 5.91. The molecule has 2 fully saturated rings. The number of hydrogen-bond acceptors (Lipinski definition) is 3. The monoisotopic (exact) mass is 212 g/mol. The number of nitrogens with zero attached hydrogens (tertiary/aromatic N) is 1. The first-order valence-corrected chi connectivity index (χ1v) is 6.14. The summed E-state index contributed by atoms with van der Waals surface area (Å²) in [6.07, 6.45) is 2.09. The molecule has 0 aromatic rings. The van der Waals surface area contributed by atoms with Gasteiger partial charge in [0.05, 0.1) is 12.2 Å². The zero-order valence-electron chi connectivity index (χ0n) is 10.3. The van der Waals surface area contributed by atoms with Crippen molar-refractivity contribution in [3.63, 3.8) is 0 Å². The maximum absolute atomic E-state index is 5.91. The molecule has 0 bridgehead atoms. The highest BCUT2D eigenvalue weighted by Crippen LogP contribution is 2.28. The van der Waals surface area contributed by atoms with E-state index in [2.05, 4.69) is 31.0 Å². The van der Waals surface area contributed by atoms with Crippen molar-refractivity contribution >= 4 is 0 Å². The Morgan fingerprint density at radius 1 is 1.40 bits per heavy atom. The molecule has 0 aromatic heterocycles. The SMILES string of the molecule is C[C@@H]1CNC[C@@H](CN2CCC(C)(C)C2)O1. The number of ether oxygens (including phenoxy) is 1. The van der Waals surface area contributed by atoms with Gasteiger partial charge in [-0.1, -0.05) is 13.8 Å². The first-order chi connectivity index (χ1) is 7.05. The third-order valence-electron chi connectivity index (χ3n) is 3.45. The van der Waals surface area contributed by atoms with Crippen LogP contribution in [0.15, 0.2) is 0 Å². The van der Waals surface area contributed by atoms with Gasteiger partial charge in [-0.15, -0.1) is 0 Å². The minimum Gasteiger partial charge on any atom is -0.371 e. The van der Waals surface area contributed by atoms with Crippen molar-refractivity contribution in [1.29, 1.82) is 0 Å². The second-order valence-corrected chi connectivity index (χ2v) is 5.88. The summed E-state index contributed by atoms with van der Waals surface area (Å²) >= 11 is 0. The molecule has 3 heteroatoms. The average molecular weight is 212 g/mol. The molecule has 0 unspecified atom stereocenters. The molecule has 2 saturated heterocycles. The molecule has 0 saturated carbocycles. The van der Waals surface area contributed by atoms with Crippen LogP contribution < -0.4 is 5.32 Å². The normalized spacial score (nSPS) is 37.0. The summed E-state index contributed by atoms with van der Waals surface area (Å²) in [6, 6.07) is 0. The van der Waals surface area contributed by atoms with E-state index in [0.717, 1.165) is 19.6 Å². The van der Waals surface area contributed by atoms with Gasteiger partial charge < -0.3 is 15.0 Å². The summed E-state index contributed by atoms with van der Waals surface area (Å²) in [5, 5.41) is 3.43. The highest BCUT2D eigenvalue weighted by atomic mass is 16.5. The number of hydrogen-bond donors (Lipinski definition) is 1. The van der Waals surface area contributed by atoms with E-state index >= 15 is 0 Å². The van der Waals surface area contributed by atoms with Gasteiger partial charge in [-0.3, -0.25) is 0 Å². The van der Waals surface area contributed by atoms with Crippen molar-refractivity contribution in [2.45, 2.75) is 39.4 Å². The van der Waals surface area contributed by atoms with Crippen molar-refractivity contribution in [2.24, 2.45) is 5.41 Å². The molecule has 2 aliphatic heterocycles. The fourth-order valence-electron chi connectivity index (χ4n) is 2.65. The molecule has 2 atom stereocenters. The van der Waals surface area contributed by atoms with Crippen LogP contribution in [0.2, 0.25) is 0 Å². The molecule has 0 spiro atoms. The molecule has 0 amide bonds. The predicted molar refractivity (Wildman–Crippen MR) is 62.0 cm³/mol. The Hall–Kier alpha value is -0.120. The van der Waals surface area contributed by atoms with E-state index < -0.39 is 0 Å². The summed E-state index contributed by atoms with van der Waals surface area (Å²) in [5.41, 5.74) is 0.508. The summed E-state index contributed by atoms with van der Waals surface area (Å²) in [6.45, 7) is 12.4. The van der Waals surface area contributed by atoms with Gasteiger partial charge in [-0.2, -0.15) is 0 Å². The van der Waals surface area contributed by atoms with Gasteiger partial charge in [0.25, 0.3) is 0 Å². The largest absolute Gasteiger partial charge is 0.371 e. The second-order valence-electron chi connectivity index (χ2n) is 5.88. The molecule has 88 valence electrons. The van der Waals surface area contributed by atoms with Crippen LogP contribution in [0.1, 0.15) is 27.2 Å². The Morgan fingerprint density at radius 2 is 2.20 bits per heavy atom. The molecule has 15 heavy (non-hydrogen) atoms. The van der Waals surface area contributed by atoms with Gasteiger partial charge in [0.1, 0.15) is 0 Å². The molecule has 3 nitrogen and oxygen atoms in total. The Balaban J connectivity index is 1.77. The van der Waals surface area contributed by atoms with E-state index in [1.165, 1.54) is 19.5 Å². The van der Waals surface area contributed by atoms with Crippen LogP contribution in [-0.4, -0.2) is 49.8 Å². The third-order valence-corrected chi connectivity index (χ3v) is 3.45. The lowest BCUT2D eigenvalue weighted by atomic mass is 9.93. The highest BCUT2D eigenvalue weighted by Gasteiger charge is 2.31. The lowest BCUT2D eigenvalue weighted by Crippen LogP contribution is -2.48. The van der Waals surface area contributed by atoms with Crippen LogP contribution in [0, 0.1) is 5.41 Å². The summed E-state index contributed by atoms with van der Waals surface area (Å²) in [4.78, 5) is 2.55. The van der Waals surface area contributed by atoms with Gasteiger partial charge in [0, 0.05) is 26.2 Å². The summed E-state index contributed by atoms with van der Waals surface area (Å²) in [7, 11) is 0. The zero-order chi connectivity index (χ0) is 10.9. The van der Waals surface area contributed by atoms with Crippen LogP contribution in [0.25, 0.3) is 0 Å². The van der Waals surface area contributed by atoms with Crippen molar-refractivity contribution in [3.05, 3.63) is 0 Å². The number of morpholine rings is 1. The van der Waals surface area contributed by atoms with E-state index in [1.54, 1.807) is 0 Å². The minimum absolute atomic E-state index is 0.374. The van der Waals surface area contributed by atoms with Crippen LogP contribution >= 0.6 is 0 Å². The van der Waals surface area contributed by atoms with Crippen LogP contribution in [-0.2, 0) is 4.74 Å². The quantitative estimate of drug-likeness (QED) is 0.742. The smallest absolute Gasteiger partial charge is 0.0830 e. The molecule has 2 aliphatic rings. The van der Waals surface area contributed by atoms with Crippen molar-refractivity contribution in [3.8, 4) is 0 Å². The number of rotatable bonds is 2.